The van der Waals surface area contributed by atoms with Crippen LogP contribution in [0.15, 0.2) is 0 Å². The number of hydrogen-bond acceptors (Lipinski definition) is 3. The molecule has 0 aromatic heterocycles. The van der Waals surface area contributed by atoms with Crippen molar-refractivity contribution >= 4 is 0 Å². The minimum atomic E-state index is 0.727. The molecule has 15 heavy (non-hydrogen) atoms. The van der Waals surface area contributed by atoms with E-state index in [1.807, 2.05) is 0 Å². The molecule has 1 N–H and O–H groups in total. The predicted octanol–water partition coefficient (Wildman–Crippen LogP) is 0.764. The summed E-state index contributed by atoms with van der Waals surface area (Å²) >= 11 is 0. The van der Waals surface area contributed by atoms with Crippen LogP contribution in [0.1, 0.15) is 25.7 Å². The highest BCUT2D eigenvalue weighted by Crippen LogP contribution is 2.18. The van der Waals surface area contributed by atoms with Gasteiger partial charge in [0.1, 0.15) is 0 Å². The smallest absolute Gasteiger partial charge is 0.0220 e. The van der Waals surface area contributed by atoms with Crippen molar-refractivity contribution in [3.05, 3.63) is 0 Å². The van der Waals surface area contributed by atoms with E-state index in [4.69, 9.17) is 0 Å². The van der Waals surface area contributed by atoms with E-state index in [-0.39, 0.29) is 0 Å². The molecular formula is C12H25N3. The molecular weight excluding hydrogens is 186 g/mol. The average molecular weight is 211 g/mol. The molecule has 0 aromatic carbocycles. The van der Waals surface area contributed by atoms with Crippen molar-refractivity contribution in [2.45, 2.75) is 37.8 Å². The Morgan fingerprint density at radius 2 is 2.00 bits per heavy atom. The summed E-state index contributed by atoms with van der Waals surface area (Å²) in [5.41, 5.74) is 0. The maximum Gasteiger partial charge on any atom is 0.0220 e. The summed E-state index contributed by atoms with van der Waals surface area (Å²) < 4.78 is 0. The largest absolute Gasteiger partial charge is 0.316 e. The van der Waals surface area contributed by atoms with Gasteiger partial charge >= 0.3 is 0 Å². The zero-order valence-electron chi connectivity index (χ0n) is 10.2. The first-order chi connectivity index (χ1) is 7.29. The molecule has 2 fully saturated rings. The first-order valence-electron chi connectivity index (χ1n) is 6.39. The second-order valence-electron chi connectivity index (χ2n) is 5.16. The van der Waals surface area contributed by atoms with Gasteiger partial charge in [0.05, 0.1) is 0 Å². The Kier molecular flexibility index (Phi) is 4.00. The highest BCUT2D eigenvalue weighted by Gasteiger charge is 2.25. The fourth-order valence-electron chi connectivity index (χ4n) is 2.96. The number of hydrogen-bond donors (Lipinski definition) is 1. The van der Waals surface area contributed by atoms with Crippen molar-refractivity contribution in [3.63, 3.8) is 0 Å². The number of nitrogens with one attached hydrogen (secondary N) is 1. The lowest BCUT2D eigenvalue weighted by atomic mass is 10.0. The summed E-state index contributed by atoms with van der Waals surface area (Å²) in [6.07, 6.45) is 5.51. The molecule has 2 saturated heterocycles. The molecule has 2 unspecified atom stereocenters. The molecule has 2 aliphatic heterocycles. The van der Waals surface area contributed by atoms with Crippen LogP contribution in [0.2, 0.25) is 0 Å². The Labute approximate surface area is 93.8 Å². The standard InChI is InChI=1S/C12H25N3/c1-13-11-5-3-8-15(9-11)10-12-6-4-7-14(12)2/h11-13H,3-10H2,1-2H3. The van der Waals surface area contributed by atoms with Gasteiger partial charge in [0.2, 0.25) is 0 Å². The lowest BCUT2D eigenvalue weighted by Crippen LogP contribution is -2.48. The molecule has 0 saturated carbocycles. The van der Waals surface area contributed by atoms with E-state index >= 15 is 0 Å². The van der Waals surface area contributed by atoms with Crippen LogP contribution in [0.4, 0.5) is 0 Å². The molecule has 2 rings (SSSR count). The van der Waals surface area contributed by atoms with Gasteiger partial charge in [0.15, 0.2) is 0 Å². The Bertz CT molecular complexity index is 195. The molecule has 0 radical (unpaired) electrons. The van der Waals surface area contributed by atoms with Crippen LogP contribution in [0.25, 0.3) is 0 Å². The van der Waals surface area contributed by atoms with Gasteiger partial charge in [-0.3, -0.25) is 0 Å². The van der Waals surface area contributed by atoms with Crippen molar-refractivity contribution in [2.24, 2.45) is 0 Å². The van der Waals surface area contributed by atoms with Crippen LogP contribution in [-0.4, -0.2) is 62.2 Å². The van der Waals surface area contributed by atoms with E-state index in [2.05, 4.69) is 29.2 Å². The maximum absolute atomic E-state index is 3.41. The first kappa shape index (κ1) is 11.4. The summed E-state index contributed by atoms with van der Waals surface area (Å²) in [7, 11) is 4.37. The van der Waals surface area contributed by atoms with Gasteiger partial charge in [0.25, 0.3) is 0 Å². The van der Waals surface area contributed by atoms with Crippen molar-refractivity contribution in [1.82, 2.24) is 15.1 Å². The van der Waals surface area contributed by atoms with Crippen LogP contribution in [0.5, 0.6) is 0 Å². The Morgan fingerprint density at radius 1 is 1.20 bits per heavy atom. The second kappa shape index (κ2) is 5.28. The predicted molar refractivity (Wildman–Crippen MR) is 64.2 cm³/mol. The van der Waals surface area contributed by atoms with E-state index in [1.54, 1.807) is 0 Å². The maximum atomic E-state index is 3.41. The summed E-state index contributed by atoms with van der Waals surface area (Å²) in [6, 6.07) is 1.55. The van der Waals surface area contributed by atoms with Gasteiger partial charge in [-0.15, -0.1) is 0 Å². The van der Waals surface area contributed by atoms with Gasteiger partial charge in [-0.25, -0.2) is 0 Å². The number of likely N-dealkylation sites (tertiary alicyclic amines) is 2. The minimum absolute atomic E-state index is 0.727. The molecule has 0 aliphatic carbocycles. The van der Waals surface area contributed by atoms with E-state index < -0.39 is 0 Å². The van der Waals surface area contributed by atoms with Crippen LogP contribution in [-0.2, 0) is 0 Å². The fourth-order valence-corrected chi connectivity index (χ4v) is 2.96. The van der Waals surface area contributed by atoms with Crippen LogP contribution >= 0.6 is 0 Å². The SMILES string of the molecule is CNC1CCCN(CC2CCCN2C)C1. The summed E-state index contributed by atoms with van der Waals surface area (Å²) in [4.78, 5) is 5.18. The quantitative estimate of drug-likeness (QED) is 0.744. The molecule has 2 aliphatic rings. The van der Waals surface area contributed by atoms with Gasteiger partial charge in [-0.05, 0) is 52.9 Å². The Hall–Kier alpha value is -0.120. The third kappa shape index (κ3) is 2.92. The molecule has 0 bridgehead atoms. The molecule has 88 valence electrons. The lowest BCUT2D eigenvalue weighted by Gasteiger charge is -2.35. The monoisotopic (exact) mass is 211 g/mol. The van der Waals surface area contributed by atoms with Crippen LogP contribution in [0, 0.1) is 0 Å². The zero-order valence-corrected chi connectivity index (χ0v) is 10.2. The van der Waals surface area contributed by atoms with Gasteiger partial charge in [0, 0.05) is 25.2 Å². The van der Waals surface area contributed by atoms with E-state index in [0.717, 1.165) is 12.1 Å². The Morgan fingerprint density at radius 3 is 2.67 bits per heavy atom. The van der Waals surface area contributed by atoms with E-state index in [9.17, 15) is 0 Å². The zero-order chi connectivity index (χ0) is 10.7. The van der Waals surface area contributed by atoms with E-state index in [1.165, 1.54) is 51.9 Å². The molecule has 2 atom stereocenters. The van der Waals surface area contributed by atoms with Gasteiger partial charge in [-0.2, -0.15) is 0 Å². The summed E-state index contributed by atoms with van der Waals surface area (Å²) in [6.45, 7) is 5.14. The first-order valence-corrected chi connectivity index (χ1v) is 6.39. The van der Waals surface area contributed by atoms with Gasteiger partial charge < -0.3 is 15.1 Å². The van der Waals surface area contributed by atoms with Crippen molar-refractivity contribution < 1.29 is 0 Å². The Balaban J connectivity index is 1.78. The lowest BCUT2D eigenvalue weighted by molar-refractivity contribution is 0.150. The molecule has 0 amide bonds. The normalized spacial score (nSPS) is 34.8. The molecule has 0 aromatic rings. The van der Waals surface area contributed by atoms with E-state index in [0.29, 0.717) is 0 Å². The van der Waals surface area contributed by atoms with Crippen molar-refractivity contribution in [3.8, 4) is 0 Å². The molecule has 0 spiro atoms. The highest BCUT2D eigenvalue weighted by molar-refractivity contribution is 4.83. The fraction of sp³-hybridized carbons (Fsp3) is 1.00. The topological polar surface area (TPSA) is 18.5 Å². The highest BCUT2D eigenvalue weighted by atomic mass is 15.2. The van der Waals surface area contributed by atoms with Crippen LogP contribution < -0.4 is 5.32 Å². The second-order valence-corrected chi connectivity index (χ2v) is 5.16. The van der Waals surface area contributed by atoms with Crippen LogP contribution in [0.3, 0.4) is 0 Å². The summed E-state index contributed by atoms with van der Waals surface area (Å²) in [5.74, 6) is 0. The van der Waals surface area contributed by atoms with Crippen molar-refractivity contribution in [1.29, 1.82) is 0 Å². The minimum Gasteiger partial charge on any atom is -0.316 e. The average Bonchev–Trinajstić information content (AvgIpc) is 2.65. The molecule has 2 heterocycles. The molecule has 3 heteroatoms. The number of piperidine rings is 1. The molecule has 3 nitrogen and oxygen atoms in total. The number of nitrogens with zero attached hydrogens (tertiary/aromatic N) is 2. The van der Waals surface area contributed by atoms with Crippen molar-refractivity contribution in [2.75, 3.05) is 40.3 Å². The summed E-state index contributed by atoms with van der Waals surface area (Å²) in [5, 5.41) is 3.41. The third-order valence-corrected chi connectivity index (χ3v) is 4.05. The third-order valence-electron chi connectivity index (χ3n) is 4.05. The number of likely N-dealkylation sites (N-methyl/N-ethyl adjacent to an activating group) is 2. The number of rotatable bonds is 3. The van der Waals surface area contributed by atoms with Gasteiger partial charge in [-0.1, -0.05) is 0 Å².